The smallest absolute Gasteiger partial charge is 0.252 e. The molecular weight excluding hydrogens is 235 g/mol. The average Bonchev–Trinajstić information content (AvgIpc) is 2.75. The molecule has 0 saturated carbocycles. The molecule has 1 unspecified atom stereocenters. The van der Waals surface area contributed by atoms with Gasteiger partial charge < -0.3 is 0 Å². The Morgan fingerprint density at radius 2 is 2.12 bits per heavy atom. The van der Waals surface area contributed by atoms with Crippen LogP contribution in [0.5, 0.6) is 0 Å². The SMILES string of the molecule is O=C(c1ccccc1F)C(F)N1CN(F)C=N1. The minimum Gasteiger partial charge on any atom is -0.289 e. The van der Waals surface area contributed by atoms with Crippen LogP contribution >= 0.6 is 0 Å². The number of hydrogen-bond donors (Lipinski definition) is 0. The number of hydrazone groups is 1. The summed E-state index contributed by atoms with van der Waals surface area (Å²) in [6.07, 6.45) is -1.47. The third-order valence-corrected chi connectivity index (χ3v) is 2.22. The molecule has 0 N–H and O–H groups in total. The van der Waals surface area contributed by atoms with Crippen molar-refractivity contribution in [3.8, 4) is 0 Å². The highest BCUT2D eigenvalue weighted by Gasteiger charge is 2.30. The van der Waals surface area contributed by atoms with Gasteiger partial charge >= 0.3 is 0 Å². The first kappa shape index (κ1) is 11.4. The van der Waals surface area contributed by atoms with Crippen molar-refractivity contribution in [2.45, 2.75) is 6.30 Å². The Labute approximate surface area is 94.9 Å². The number of ketones is 1. The van der Waals surface area contributed by atoms with Gasteiger partial charge in [0.15, 0.2) is 0 Å². The Morgan fingerprint density at radius 3 is 2.71 bits per heavy atom. The summed E-state index contributed by atoms with van der Waals surface area (Å²) in [6.45, 7) is -0.499. The van der Waals surface area contributed by atoms with E-state index >= 15 is 0 Å². The molecule has 7 heteroatoms. The summed E-state index contributed by atoms with van der Waals surface area (Å²) in [5, 5.41) is 4.04. The van der Waals surface area contributed by atoms with Crippen molar-refractivity contribution in [3.05, 3.63) is 35.6 Å². The maximum atomic E-state index is 13.6. The first-order valence-electron chi connectivity index (χ1n) is 4.75. The van der Waals surface area contributed by atoms with Gasteiger partial charge in [0, 0.05) is 0 Å². The molecule has 0 aliphatic carbocycles. The van der Waals surface area contributed by atoms with E-state index < -0.39 is 24.6 Å². The van der Waals surface area contributed by atoms with E-state index in [-0.39, 0.29) is 10.7 Å². The van der Waals surface area contributed by atoms with E-state index in [1.807, 2.05) is 0 Å². The summed E-state index contributed by atoms with van der Waals surface area (Å²) in [5.41, 5.74) is -0.382. The number of hydrogen-bond acceptors (Lipinski definition) is 4. The third kappa shape index (κ3) is 2.22. The Bertz CT molecular complexity index is 466. The van der Waals surface area contributed by atoms with Crippen molar-refractivity contribution < 1.29 is 18.1 Å². The molecule has 0 spiro atoms. The molecule has 1 atom stereocenters. The molecule has 4 nitrogen and oxygen atoms in total. The normalized spacial score (nSPS) is 16.4. The minimum atomic E-state index is -2.20. The van der Waals surface area contributed by atoms with Crippen molar-refractivity contribution in [1.82, 2.24) is 10.1 Å². The lowest BCUT2D eigenvalue weighted by Gasteiger charge is -2.17. The molecule has 2 rings (SSSR count). The molecule has 1 aliphatic heterocycles. The predicted molar refractivity (Wildman–Crippen MR) is 53.8 cm³/mol. The number of Topliss-reactive ketones (excluding diaryl/α,β-unsaturated/α-hetero) is 1. The lowest BCUT2D eigenvalue weighted by Crippen LogP contribution is -2.35. The van der Waals surface area contributed by atoms with Crippen LogP contribution in [0.4, 0.5) is 13.3 Å². The van der Waals surface area contributed by atoms with Crippen LogP contribution in [0.25, 0.3) is 0 Å². The second kappa shape index (κ2) is 4.44. The van der Waals surface area contributed by atoms with Crippen molar-refractivity contribution in [1.29, 1.82) is 0 Å². The van der Waals surface area contributed by atoms with Gasteiger partial charge in [-0.15, -0.1) is 0 Å². The van der Waals surface area contributed by atoms with E-state index in [4.69, 9.17) is 0 Å². The molecule has 0 aromatic heterocycles. The second-order valence-corrected chi connectivity index (χ2v) is 3.39. The molecule has 17 heavy (non-hydrogen) atoms. The molecule has 0 radical (unpaired) electrons. The van der Waals surface area contributed by atoms with Crippen LogP contribution in [0.15, 0.2) is 29.4 Å². The van der Waals surface area contributed by atoms with E-state index in [1.54, 1.807) is 0 Å². The highest BCUT2D eigenvalue weighted by atomic mass is 19.2. The maximum Gasteiger partial charge on any atom is 0.252 e. The Kier molecular flexibility index (Phi) is 2.99. The van der Waals surface area contributed by atoms with E-state index in [9.17, 15) is 18.1 Å². The summed E-state index contributed by atoms with van der Waals surface area (Å²) in [5.74, 6) is -1.91. The topological polar surface area (TPSA) is 35.9 Å². The number of nitrogens with zero attached hydrogens (tertiary/aromatic N) is 3. The quantitative estimate of drug-likeness (QED) is 0.460. The van der Waals surface area contributed by atoms with Crippen molar-refractivity contribution in [2.24, 2.45) is 5.10 Å². The Balaban J connectivity index is 2.16. The third-order valence-electron chi connectivity index (χ3n) is 2.22. The average molecular weight is 243 g/mol. The fourth-order valence-electron chi connectivity index (χ4n) is 1.39. The summed E-state index contributed by atoms with van der Waals surface area (Å²) < 4.78 is 39.4. The molecule has 1 aromatic rings. The van der Waals surface area contributed by atoms with Crippen LogP contribution in [-0.4, -0.2) is 35.2 Å². The van der Waals surface area contributed by atoms with Crippen LogP contribution in [0.3, 0.4) is 0 Å². The van der Waals surface area contributed by atoms with Gasteiger partial charge in [0.1, 0.15) is 18.8 Å². The lowest BCUT2D eigenvalue weighted by molar-refractivity contribution is 0.0178. The molecule has 0 fully saturated rings. The highest BCUT2D eigenvalue weighted by Crippen LogP contribution is 2.16. The fraction of sp³-hybridized carbons (Fsp3) is 0.200. The lowest BCUT2D eigenvalue weighted by atomic mass is 10.1. The molecule has 1 heterocycles. The van der Waals surface area contributed by atoms with E-state index in [1.165, 1.54) is 12.1 Å². The largest absolute Gasteiger partial charge is 0.289 e. The van der Waals surface area contributed by atoms with Crippen molar-refractivity contribution in [3.63, 3.8) is 0 Å². The van der Waals surface area contributed by atoms with Gasteiger partial charge in [-0.3, -0.25) is 4.79 Å². The molecule has 0 saturated heterocycles. The summed E-state index contributed by atoms with van der Waals surface area (Å²) in [4.78, 5) is 11.6. The predicted octanol–water partition coefficient (Wildman–Crippen LogP) is 1.71. The number of carbonyl (C=O) groups is 1. The minimum absolute atomic E-state index is 0.112. The number of halogens is 3. The number of rotatable bonds is 3. The van der Waals surface area contributed by atoms with Crippen LogP contribution in [0, 0.1) is 5.82 Å². The zero-order valence-corrected chi connectivity index (χ0v) is 8.55. The summed E-state index contributed by atoms with van der Waals surface area (Å²) >= 11 is 0. The van der Waals surface area contributed by atoms with E-state index in [2.05, 4.69) is 5.10 Å². The zero-order valence-electron chi connectivity index (χ0n) is 8.55. The van der Waals surface area contributed by atoms with Gasteiger partial charge in [-0.25, -0.2) is 13.8 Å². The van der Waals surface area contributed by atoms with Gasteiger partial charge in [0.2, 0.25) is 5.78 Å². The van der Waals surface area contributed by atoms with Gasteiger partial charge in [-0.1, -0.05) is 16.6 Å². The van der Waals surface area contributed by atoms with Gasteiger partial charge in [0.25, 0.3) is 6.30 Å². The van der Waals surface area contributed by atoms with Gasteiger partial charge in [-0.05, 0) is 12.1 Å². The Morgan fingerprint density at radius 1 is 1.41 bits per heavy atom. The standard InChI is InChI=1S/C10H8F3N3O/c11-8-4-2-1-3-7(8)9(17)10(12)16-6-15(13)5-14-16/h1-5,10H,6H2. The maximum absolute atomic E-state index is 13.6. The van der Waals surface area contributed by atoms with E-state index in [0.29, 0.717) is 5.01 Å². The number of benzene rings is 1. The van der Waals surface area contributed by atoms with Crippen LogP contribution in [0.1, 0.15) is 10.4 Å². The molecule has 0 amide bonds. The summed E-state index contributed by atoms with van der Waals surface area (Å²) in [6, 6.07) is 5.01. The second-order valence-electron chi connectivity index (χ2n) is 3.39. The van der Waals surface area contributed by atoms with Crippen LogP contribution in [0.2, 0.25) is 0 Å². The molecule has 90 valence electrons. The number of carbonyl (C=O) groups excluding carboxylic acids is 1. The number of alkyl halides is 1. The summed E-state index contributed by atoms with van der Waals surface area (Å²) in [7, 11) is 0. The highest BCUT2D eigenvalue weighted by molar-refractivity contribution is 5.99. The van der Waals surface area contributed by atoms with Gasteiger partial charge in [0.05, 0.1) is 5.56 Å². The molecule has 1 aliphatic rings. The van der Waals surface area contributed by atoms with Crippen LogP contribution < -0.4 is 0 Å². The van der Waals surface area contributed by atoms with E-state index in [0.717, 1.165) is 18.5 Å². The monoisotopic (exact) mass is 243 g/mol. The van der Waals surface area contributed by atoms with Crippen molar-refractivity contribution >= 4 is 12.1 Å². The van der Waals surface area contributed by atoms with Crippen molar-refractivity contribution in [2.75, 3.05) is 6.67 Å². The zero-order chi connectivity index (χ0) is 12.4. The first-order chi connectivity index (χ1) is 8.09. The first-order valence-corrected chi connectivity index (χ1v) is 4.75. The molecular formula is C10H8F3N3O. The Hall–Kier alpha value is -2.05. The van der Waals surface area contributed by atoms with Crippen LogP contribution in [-0.2, 0) is 0 Å². The van der Waals surface area contributed by atoms with Gasteiger partial charge in [-0.2, -0.15) is 10.2 Å². The fourth-order valence-corrected chi connectivity index (χ4v) is 1.39. The molecule has 0 bridgehead atoms. The molecule has 1 aromatic carbocycles.